The fraction of sp³-hybridized carbons (Fsp3) is 0.250. The molecule has 4 N–H and O–H groups in total. The van der Waals surface area contributed by atoms with E-state index in [1.165, 1.54) is 5.39 Å². The highest BCUT2D eigenvalue weighted by atomic mass is 32.2. The molecule has 1 amide bonds. The lowest BCUT2D eigenvalue weighted by atomic mass is 10.3. The van der Waals surface area contributed by atoms with Gasteiger partial charge in [0.2, 0.25) is 5.91 Å². The Morgan fingerprint density at radius 1 is 1.53 bits per heavy atom. The van der Waals surface area contributed by atoms with Gasteiger partial charge in [-0.1, -0.05) is 25.1 Å². The van der Waals surface area contributed by atoms with Gasteiger partial charge in [0, 0.05) is 22.6 Å². The van der Waals surface area contributed by atoms with Crippen molar-refractivity contribution in [3.8, 4) is 0 Å². The Bertz CT molecular complexity index is 490. The van der Waals surface area contributed by atoms with Crippen molar-refractivity contribution in [2.75, 3.05) is 0 Å². The summed E-state index contributed by atoms with van der Waals surface area (Å²) in [5, 5.41) is 2.45. The summed E-state index contributed by atoms with van der Waals surface area (Å²) in [6.45, 7) is 2.01. The minimum atomic E-state index is -0.138. The molecule has 0 aliphatic rings. The lowest BCUT2D eigenvalue weighted by Gasteiger charge is -2.07. The van der Waals surface area contributed by atoms with Crippen LogP contribution in [-0.4, -0.2) is 16.1 Å². The van der Waals surface area contributed by atoms with E-state index in [9.17, 15) is 4.79 Å². The minimum Gasteiger partial charge on any atom is -0.350 e. The minimum absolute atomic E-state index is 0.138. The number of carbonyl (C=O) groups excluding carboxylic acids is 1. The van der Waals surface area contributed by atoms with Crippen molar-refractivity contribution in [2.45, 2.75) is 23.6 Å². The second-order valence-corrected chi connectivity index (χ2v) is 5.40. The SMILES string of the molecule is CC(CC(=O)NN)Sc1cc2ccccc2[nH]1. The number of aromatic amines is 1. The zero-order valence-electron chi connectivity index (χ0n) is 9.57. The maximum Gasteiger partial charge on any atom is 0.234 e. The quantitative estimate of drug-likeness (QED) is 0.336. The van der Waals surface area contributed by atoms with E-state index in [0.717, 1.165) is 10.5 Å². The molecule has 0 spiro atoms. The lowest BCUT2D eigenvalue weighted by molar-refractivity contribution is -0.121. The molecular formula is C12H15N3OS. The molecule has 0 saturated carbocycles. The molecule has 0 aliphatic carbocycles. The molecule has 1 aromatic heterocycles. The zero-order chi connectivity index (χ0) is 12.3. The first-order chi connectivity index (χ1) is 8.19. The van der Waals surface area contributed by atoms with Crippen LogP contribution in [0.3, 0.4) is 0 Å². The van der Waals surface area contributed by atoms with Crippen LogP contribution in [0.1, 0.15) is 13.3 Å². The summed E-state index contributed by atoms with van der Waals surface area (Å²) in [5.41, 5.74) is 3.26. The van der Waals surface area contributed by atoms with E-state index >= 15 is 0 Å². The highest BCUT2D eigenvalue weighted by Crippen LogP contribution is 2.27. The standard InChI is InChI=1S/C12H15N3OS/c1-8(6-11(16)15-13)17-12-7-9-4-2-3-5-10(9)14-12/h2-5,7-8,14H,6,13H2,1H3,(H,15,16). The van der Waals surface area contributed by atoms with Crippen molar-refractivity contribution in [3.05, 3.63) is 30.3 Å². The summed E-state index contributed by atoms with van der Waals surface area (Å²) in [7, 11) is 0. The predicted octanol–water partition coefficient (Wildman–Crippen LogP) is 2.03. The first kappa shape index (κ1) is 12.0. The molecule has 0 fully saturated rings. The first-order valence-electron chi connectivity index (χ1n) is 5.43. The maximum atomic E-state index is 11.1. The second kappa shape index (κ2) is 5.25. The Hall–Kier alpha value is -1.46. The predicted molar refractivity (Wildman–Crippen MR) is 70.6 cm³/mol. The van der Waals surface area contributed by atoms with Crippen LogP contribution < -0.4 is 11.3 Å². The van der Waals surface area contributed by atoms with Gasteiger partial charge in [-0.15, -0.1) is 11.8 Å². The number of hydrogen-bond acceptors (Lipinski definition) is 3. The number of H-pyrrole nitrogens is 1. The third kappa shape index (κ3) is 3.01. The van der Waals surface area contributed by atoms with Crippen molar-refractivity contribution in [3.63, 3.8) is 0 Å². The van der Waals surface area contributed by atoms with Gasteiger partial charge in [0.25, 0.3) is 0 Å². The van der Waals surface area contributed by atoms with Crippen LogP contribution in [0.15, 0.2) is 35.4 Å². The monoisotopic (exact) mass is 249 g/mol. The van der Waals surface area contributed by atoms with E-state index in [1.54, 1.807) is 11.8 Å². The largest absolute Gasteiger partial charge is 0.350 e. The number of nitrogens with one attached hydrogen (secondary N) is 2. The van der Waals surface area contributed by atoms with Crippen molar-refractivity contribution in [1.29, 1.82) is 0 Å². The molecule has 0 aliphatic heterocycles. The summed E-state index contributed by atoms with van der Waals surface area (Å²) >= 11 is 1.64. The Morgan fingerprint density at radius 2 is 2.29 bits per heavy atom. The van der Waals surface area contributed by atoms with Gasteiger partial charge in [-0.2, -0.15) is 0 Å². The second-order valence-electron chi connectivity index (χ2n) is 3.92. The molecular weight excluding hydrogens is 234 g/mol. The highest BCUT2D eigenvalue weighted by molar-refractivity contribution is 7.99. The fourth-order valence-corrected chi connectivity index (χ4v) is 2.72. The Balaban J connectivity index is 2.05. The third-order valence-corrected chi connectivity index (χ3v) is 3.51. The van der Waals surface area contributed by atoms with E-state index in [1.807, 2.05) is 25.1 Å². The maximum absolute atomic E-state index is 11.1. The van der Waals surface area contributed by atoms with Gasteiger partial charge in [-0.25, -0.2) is 5.84 Å². The van der Waals surface area contributed by atoms with Gasteiger partial charge < -0.3 is 4.98 Å². The molecule has 1 heterocycles. The molecule has 1 atom stereocenters. The topological polar surface area (TPSA) is 70.9 Å². The average molecular weight is 249 g/mol. The van der Waals surface area contributed by atoms with Crippen molar-refractivity contribution in [1.82, 2.24) is 10.4 Å². The first-order valence-corrected chi connectivity index (χ1v) is 6.31. The Kier molecular flexibility index (Phi) is 3.71. The molecule has 4 nitrogen and oxygen atoms in total. The van der Waals surface area contributed by atoms with Crippen LogP contribution in [0.25, 0.3) is 10.9 Å². The third-order valence-electron chi connectivity index (χ3n) is 2.47. The van der Waals surface area contributed by atoms with E-state index in [-0.39, 0.29) is 11.2 Å². The number of benzene rings is 1. The van der Waals surface area contributed by atoms with E-state index in [4.69, 9.17) is 5.84 Å². The van der Waals surface area contributed by atoms with Crippen LogP contribution in [0, 0.1) is 0 Å². The van der Waals surface area contributed by atoms with E-state index in [2.05, 4.69) is 22.5 Å². The fourth-order valence-electron chi connectivity index (χ4n) is 1.69. The Labute approximate surface area is 104 Å². The molecule has 2 aromatic rings. The summed E-state index contributed by atoms with van der Waals surface area (Å²) in [5.74, 6) is 4.92. The smallest absolute Gasteiger partial charge is 0.234 e. The van der Waals surface area contributed by atoms with Gasteiger partial charge in [0.05, 0.1) is 5.03 Å². The average Bonchev–Trinajstić information content (AvgIpc) is 2.70. The van der Waals surface area contributed by atoms with Crippen molar-refractivity contribution < 1.29 is 4.79 Å². The molecule has 1 aromatic carbocycles. The number of nitrogens with two attached hydrogens (primary N) is 1. The van der Waals surface area contributed by atoms with Crippen LogP contribution in [0.5, 0.6) is 0 Å². The summed E-state index contributed by atoms with van der Waals surface area (Å²) in [6.07, 6.45) is 0.413. The number of carbonyl (C=O) groups is 1. The van der Waals surface area contributed by atoms with Gasteiger partial charge in [0.1, 0.15) is 0 Å². The van der Waals surface area contributed by atoms with Crippen LogP contribution in [-0.2, 0) is 4.79 Å². The molecule has 90 valence electrons. The molecule has 1 unspecified atom stereocenters. The number of thioether (sulfide) groups is 1. The summed E-state index contributed by atoms with van der Waals surface area (Å²) < 4.78 is 0. The van der Waals surface area contributed by atoms with Crippen LogP contribution in [0.4, 0.5) is 0 Å². The van der Waals surface area contributed by atoms with Crippen molar-refractivity contribution >= 4 is 28.6 Å². The molecule has 0 radical (unpaired) electrons. The number of aromatic nitrogens is 1. The van der Waals surface area contributed by atoms with Crippen molar-refractivity contribution in [2.24, 2.45) is 5.84 Å². The van der Waals surface area contributed by atoms with Gasteiger partial charge >= 0.3 is 0 Å². The van der Waals surface area contributed by atoms with E-state index in [0.29, 0.717) is 6.42 Å². The highest BCUT2D eigenvalue weighted by Gasteiger charge is 2.10. The number of amides is 1. The summed E-state index contributed by atoms with van der Waals surface area (Å²) in [6, 6.07) is 10.2. The normalized spacial score (nSPS) is 12.6. The number of para-hydroxylation sites is 1. The molecule has 2 rings (SSSR count). The zero-order valence-corrected chi connectivity index (χ0v) is 10.4. The summed E-state index contributed by atoms with van der Waals surface area (Å²) in [4.78, 5) is 14.4. The van der Waals surface area contributed by atoms with E-state index < -0.39 is 0 Å². The van der Waals surface area contributed by atoms with Crippen LogP contribution in [0.2, 0.25) is 0 Å². The molecule has 5 heteroatoms. The molecule has 0 saturated heterocycles. The van der Waals surface area contributed by atoms with Gasteiger partial charge in [-0.05, 0) is 12.1 Å². The number of fused-ring (bicyclic) bond motifs is 1. The number of hydrazine groups is 1. The lowest BCUT2D eigenvalue weighted by Crippen LogP contribution is -2.31. The number of hydrogen-bond donors (Lipinski definition) is 3. The number of rotatable bonds is 4. The van der Waals surface area contributed by atoms with Gasteiger partial charge in [-0.3, -0.25) is 10.2 Å². The molecule has 0 bridgehead atoms. The molecule has 17 heavy (non-hydrogen) atoms. The Morgan fingerprint density at radius 3 is 3.00 bits per heavy atom. The van der Waals surface area contributed by atoms with Crippen LogP contribution >= 0.6 is 11.8 Å². The van der Waals surface area contributed by atoms with Gasteiger partial charge in [0.15, 0.2) is 0 Å².